The van der Waals surface area contributed by atoms with Crippen LogP contribution in [-0.4, -0.2) is 39.4 Å². The fraction of sp³-hybridized carbons (Fsp3) is 0.286. The third-order valence-corrected chi connectivity index (χ3v) is 4.20. The van der Waals surface area contributed by atoms with Crippen LogP contribution in [0.5, 0.6) is 17.2 Å². The summed E-state index contributed by atoms with van der Waals surface area (Å²) in [5.41, 5.74) is 5.78. The number of aryl methyl sites for hydroxylation is 2. The highest BCUT2D eigenvalue weighted by Crippen LogP contribution is 2.37. The molecule has 2 amide bonds. The molecule has 0 fully saturated rings. The molecule has 0 aliphatic heterocycles. The highest BCUT2D eigenvalue weighted by molar-refractivity contribution is 6.03. The van der Waals surface area contributed by atoms with E-state index in [2.05, 4.69) is 15.8 Å². The highest BCUT2D eigenvalue weighted by Gasteiger charge is 2.13. The Morgan fingerprint density at radius 3 is 2.14 bits per heavy atom. The first-order valence-corrected chi connectivity index (χ1v) is 8.87. The minimum atomic E-state index is -0.532. The Bertz CT molecular complexity index is 900. The van der Waals surface area contributed by atoms with Crippen LogP contribution in [0.15, 0.2) is 35.4 Å². The van der Waals surface area contributed by atoms with E-state index in [-0.39, 0.29) is 6.42 Å². The lowest BCUT2D eigenvalue weighted by atomic mass is 10.1. The number of carbonyl (C=O) groups is 2. The lowest BCUT2D eigenvalue weighted by molar-refractivity contribution is -0.126. The predicted octanol–water partition coefficient (Wildman–Crippen LogP) is 2.81. The van der Waals surface area contributed by atoms with Gasteiger partial charge in [0.2, 0.25) is 17.6 Å². The van der Waals surface area contributed by atoms with Gasteiger partial charge in [-0.1, -0.05) is 6.07 Å². The molecule has 29 heavy (non-hydrogen) atoms. The molecule has 0 atom stereocenters. The number of hydrogen-bond acceptors (Lipinski definition) is 6. The van der Waals surface area contributed by atoms with Crippen LogP contribution in [0.2, 0.25) is 0 Å². The van der Waals surface area contributed by atoms with E-state index in [1.54, 1.807) is 18.2 Å². The molecule has 0 spiro atoms. The molecule has 0 saturated carbocycles. The highest BCUT2D eigenvalue weighted by atomic mass is 16.5. The largest absolute Gasteiger partial charge is 0.493 e. The van der Waals surface area contributed by atoms with Crippen LogP contribution in [0, 0.1) is 13.8 Å². The van der Waals surface area contributed by atoms with Crippen molar-refractivity contribution in [2.75, 3.05) is 26.6 Å². The van der Waals surface area contributed by atoms with Crippen LogP contribution in [0.4, 0.5) is 5.69 Å². The summed E-state index contributed by atoms with van der Waals surface area (Å²) in [6.07, 6.45) is 1.07. The maximum Gasteiger partial charge on any atom is 0.249 e. The monoisotopic (exact) mass is 399 g/mol. The van der Waals surface area contributed by atoms with Crippen molar-refractivity contribution >= 4 is 23.7 Å². The van der Waals surface area contributed by atoms with Crippen molar-refractivity contribution in [2.45, 2.75) is 20.3 Å². The van der Waals surface area contributed by atoms with Gasteiger partial charge in [-0.15, -0.1) is 0 Å². The van der Waals surface area contributed by atoms with Gasteiger partial charge in [-0.25, -0.2) is 5.43 Å². The fourth-order valence-corrected chi connectivity index (χ4v) is 2.56. The Kier molecular flexibility index (Phi) is 7.59. The first-order valence-electron chi connectivity index (χ1n) is 8.87. The summed E-state index contributed by atoms with van der Waals surface area (Å²) in [4.78, 5) is 24.0. The van der Waals surface area contributed by atoms with Crippen molar-refractivity contribution in [1.82, 2.24) is 5.43 Å². The molecule has 0 unspecified atom stereocenters. The summed E-state index contributed by atoms with van der Waals surface area (Å²) in [6, 6.07) is 8.92. The van der Waals surface area contributed by atoms with Gasteiger partial charge in [-0.05, 0) is 49.2 Å². The molecule has 8 nitrogen and oxygen atoms in total. The number of nitrogens with zero attached hydrogens (tertiary/aromatic N) is 1. The number of methoxy groups -OCH3 is 3. The third-order valence-electron chi connectivity index (χ3n) is 4.20. The molecule has 0 aromatic heterocycles. The summed E-state index contributed by atoms with van der Waals surface area (Å²) in [6.45, 7) is 3.94. The quantitative estimate of drug-likeness (QED) is 0.404. The molecule has 2 aromatic carbocycles. The molecule has 0 aliphatic rings. The van der Waals surface area contributed by atoms with Crippen molar-refractivity contribution in [3.8, 4) is 17.2 Å². The van der Waals surface area contributed by atoms with E-state index in [4.69, 9.17) is 14.2 Å². The second-order valence-electron chi connectivity index (χ2n) is 6.28. The molecular formula is C21H25N3O5. The van der Waals surface area contributed by atoms with E-state index >= 15 is 0 Å². The number of hydrogen-bond donors (Lipinski definition) is 2. The van der Waals surface area contributed by atoms with Crippen LogP contribution in [0.1, 0.15) is 23.1 Å². The Balaban J connectivity index is 1.95. The Hall–Kier alpha value is -3.55. The Morgan fingerprint density at radius 2 is 1.59 bits per heavy atom. The first-order chi connectivity index (χ1) is 13.9. The predicted molar refractivity (Wildman–Crippen MR) is 111 cm³/mol. The van der Waals surface area contributed by atoms with Crippen LogP contribution in [-0.2, 0) is 9.59 Å². The van der Waals surface area contributed by atoms with E-state index in [0.717, 1.165) is 11.1 Å². The molecule has 8 heteroatoms. The smallest absolute Gasteiger partial charge is 0.249 e. The van der Waals surface area contributed by atoms with Crippen molar-refractivity contribution in [3.63, 3.8) is 0 Å². The number of rotatable bonds is 8. The van der Waals surface area contributed by atoms with E-state index in [0.29, 0.717) is 28.5 Å². The Labute approximate surface area is 169 Å². The second kappa shape index (κ2) is 10.1. The number of anilines is 1. The topological polar surface area (TPSA) is 98.2 Å². The molecule has 0 saturated heterocycles. The average Bonchev–Trinajstić information content (AvgIpc) is 2.69. The number of ether oxygens (including phenoxy) is 3. The minimum Gasteiger partial charge on any atom is -0.493 e. The zero-order valence-electron chi connectivity index (χ0n) is 17.2. The van der Waals surface area contributed by atoms with Gasteiger partial charge in [0.15, 0.2) is 11.5 Å². The summed E-state index contributed by atoms with van der Waals surface area (Å²) in [5, 5.41) is 6.57. The molecule has 0 aliphatic carbocycles. The summed E-state index contributed by atoms with van der Waals surface area (Å²) >= 11 is 0. The van der Waals surface area contributed by atoms with E-state index in [9.17, 15) is 9.59 Å². The van der Waals surface area contributed by atoms with Gasteiger partial charge >= 0.3 is 0 Å². The van der Waals surface area contributed by atoms with Gasteiger partial charge in [0.1, 0.15) is 6.42 Å². The SMILES string of the molecule is COc1cc(C=NNC(=O)CC(=O)Nc2ccc(C)c(C)c2)cc(OC)c1OC. The van der Waals surface area contributed by atoms with E-state index < -0.39 is 11.8 Å². The van der Waals surface area contributed by atoms with Crippen molar-refractivity contribution < 1.29 is 23.8 Å². The van der Waals surface area contributed by atoms with Crippen LogP contribution in [0.25, 0.3) is 0 Å². The second-order valence-corrected chi connectivity index (χ2v) is 6.28. The molecule has 0 radical (unpaired) electrons. The normalized spacial score (nSPS) is 10.5. The van der Waals surface area contributed by atoms with Crippen LogP contribution in [0.3, 0.4) is 0 Å². The molecular weight excluding hydrogens is 374 g/mol. The van der Waals surface area contributed by atoms with Gasteiger partial charge in [0, 0.05) is 11.3 Å². The fourth-order valence-electron chi connectivity index (χ4n) is 2.56. The lowest BCUT2D eigenvalue weighted by Crippen LogP contribution is -2.24. The molecule has 0 heterocycles. The number of amides is 2. The number of nitrogens with one attached hydrogen (secondary N) is 2. The van der Waals surface area contributed by atoms with Gasteiger partial charge in [-0.3, -0.25) is 9.59 Å². The zero-order valence-corrected chi connectivity index (χ0v) is 17.2. The Morgan fingerprint density at radius 1 is 0.931 bits per heavy atom. The average molecular weight is 399 g/mol. The van der Waals surface area contributed by atoms with Gasteiger partial charge in [0.25, 0.3) is 0 Å². The minimum absolute atomic E-state index is 0.348. The summed E-state index contributed by atoms with van der Waals surface area (Å²) in [5.74, 6) is 0.433. The van der Waals surface area contributed by atoms with Crippen molar-refractivity contribution in [1.29, 1.82) is 0 Å². The molecule has 0 bridgehead atoms. The summed E-state index contributed by atoms with van der Waals surface area (Å²) < 4.78 is 15.8. The molecule has 2 N–H and O–H groups in total. The number of hydrazone groups is 1. The van der Waals surface area contributed by atoms with Crippen LogP contribution >= 0.6 is 0 Å². The van der Waals surface area contributed by atoms with E-state index in [1.165, 1.54) is 27.5 Å². The maximum atomic E-state index is 12.0. The lowest BCUT2D eigenvalue weighted by Gasteiger charge is -2.12. The van der Waals surface area contributed by atoms with Crippen LogP contribution < -0.4 is 25.0 Å². The molecule has 2 aromatic rings. The van der Waals surface area contributed by atoms with E-state index in [1.807, 2.05) is 26.0 Å². The van der Waals surface area contributed by atoms with Gasteiger partial charge in [-0.2, -0.15) is 5.10 Å². The van der Waals surface area contributed by atoms with Gasteiger partial charge in [0.05, 0.1) is 27.5 Å². The van der Waals surface area contributed by atoms with Crippen molar-refractivity contribution in [3.05, 3.63) is 47.0 Å². The first kappa shape index (κ1) is 21.7. The van der Waals surface area contributed by atoms with Crippen molar-refractivity contribution in [2.24, 2.45) is 5.10 Å². The third kappa shape index (κ3) is 5.97. The summed E-state index contributed by atoms with van der Waals surface area (Å²) in [7, 11) is 4.53. The maximum absolute atomic E-state index is 12.0. The molecule has 2 rings (SSSR count). The zero-order chi connectivity index (χ0) is 21.4. The van der Waals surface area contributed by atoms with Gasteiger partial charge < -0.3 is 19.5 Å². The standard InChI is InChI=1S/C21H25N3O5/c1-13-6-7-16(8-14(13)2)23-19(25)11-20(26)24-22-12-15-9-17(27-3)21(29-5)18(10-15)28-4/h6-10,12H,11H2,1-5H3,(H,23,25)(H,24,26). The number of carbonyl (C=O) groups excluding carboxylic acids is 2. The number of benzene rings is 2. The molecule has 154 valence electrons.